The van der Waals surface area contributed by atoms with E-state index in [4.69, 9.17) is 17.0 Å². The maximum atomic E-state index is 12.4. The number of rotatable bonds is 4. The van der Waals surface area contributed by atoms with Crippen molar-refractivity contribution in [3.63, 3.8) is 0 Å². The van der Waals surface area contributed by atoms with Crippen molar-refractivity contribution in [2.45, 2.75) is 13.8 Å². The van der Waals surface area contributed by atoms with Gasteiger partial charge in [0.1, 0.15) is 5.75 Å². The van der Waals surface area contributed by atoms with Crippen LogP contribution in [0.5, 0.6) is 5.75 Å². The normalized spacial score (nSPS) is 9.96. The molecule has 2 aromatic rings. The molecule has 6 nitrogen and oxygen atoms in total. The maximum Gasteiger partial charge on any atom is 0.269 e. The molecule has 3 N–H and O–H groups in total. The molecule has 8 heteroatoms. The smallest absolute Gasteiger partial charge is 0.269 e. The van der Waals surface area contributed by atoms with Gasteiger partial charge in [-0.15, -0.1) is 0 Å². The van der Waals surface area contributed by atoms with Gasteiger partial charge in [-0.1, -0.05) is 33.6 Å². The number of aryl methyl sites for hydroxylation is 1. The van der Waals surface area contributed by atoms with Crippen LogP contribution in [0.1, 0.15) is 33.2 Å². The van der Waals surface area contributed by atoms with Crippen LogP contribution in [-0.2, 0) is 0 Å². The fourth-order valence-corrected chi connectivity index (χ4v) is 2.64. The summed E-state index contributed by atoms with van der Waals surface area (Å²) in [5.41, 5.74) is 6.74. The third-order valence-corrected chi connectivity index (χ3v) is 3.98. The van der Waals surface area contributed by atoms with E-state index in [9.17, 15) is 9.59 Å². The van der Waals surface area contributed by atoms with Gasteiger partial charge in [0, 0.05) is 10.0 Å². The molecule has 0 aliphatic heterocycles. The highest BCUT2D eigenvalue weighted by molar-refractivity contribution is 9.10. The lowest BCUT2D eigenvalue weighted by Gasteiger charge is -2.13. The molecule has 0 radical (unpaired) electrons. The molecular formula is C18H18BrN3O3S. The zero-order valence-corrected chi connectivity index (χ0v) is 16.7. The molecule has 0 aromatic heterocycles. The Morgan fingerprint density at radius 2 is 1.88 bits per heavy atom. The second kappa shape index (κ2) is 9.30. The predicted octanol–water partition coefficient (Wildman–Crippen LogP) is 3.11. The minimum absolute atomic E-state index is 0.0292. The van der Waals surface area contributed by atoms with Crippen molar-refractivity contribution in [2.75, 3.05) is 6.61 Å². The standard InChI is InChI=1S/C18H18BrN3O3S/c1-3-25-15-8-7-13(19)10-14(15)17(24)20-18(26)22-21-16(23)12-6-4-5-11(2)9-12/h4-10H,3H2,1-2H3,(H,21,23)(H2,20,22,24,26). The molecule has 2 amide bonds. The first-order valence-corrected chi connectivity index (χ1v) is 9.01. The second-order valence-electron chi connectivity index (χ2n) is 5.31. The first-order valence-electron chi connectivity index (χ1n) is 7.81. The van der Waals surface area contributed by atoms with E-state index in [0.717, 1.165) is 10.0 Å². The molecule has 0 atom stereocenters. The monoisotopic (exact) mass is 435 g/mol. The fourth-order valence-electron chi connectivity index (χ4n) is 2.13. The van der Waals surface area contributed by atoms with Crippen LogP contribution in [0, 0.1) is 6.92 Å². The molecule has 0 unspecified atom stereocenters. The van der Waals surface area contributed by atoms with Crippen molar-refractivity contribution in [3.8, 4) is 5.75 Å². The molecule has 0 fully saturated rings. The average Bonchev–Trinajstić information content (AvgIpc) is 2.61. The van der Waals surface area contributed by atoms with E-state index >= 15 is 0 Å². The molecular weight excluding hydrogens is 418 g/mol. The number of hydrazine groups is 1. The number of hydrogen-bond acceptors (Lipinski definition) is 4. The Kier molecular flexibility index (Phi) is 7.11. The molecule has 2 rings (SSSR count). The van der Waals surface area contributed by atoms with Crippen molar-refractivity contribution in [1.29, 1.82) is 0 Å². The number of thiocarbonyl (C=S) groups is 1. The third kappa shape index (κ3) is 5.53. The van der Waals surface area contributed by atoms with E-state index in [1.54, 1.807) is 36.4 Å². The van der Waals surface area contributed by atoms with E-state index in [1.807, 2.05) is 19.9 Å². The Balaban J connectivity index is 1.96. The molecule has 0 heterocycles. The topological polar surface area (TPSA) is 79.5 Å². The van der Waals surface area contributed by atoms with E-state index in [1.165, 1.54) is 0 Å². The van der Waals surface area contributed by atoms with Gasteiger partial charge >= 0.3 is 0 Å². The van der Waals surface area contributed by atoms with Crippen molar-refractivity contribution in [2.24, 2.45) is 0 Å². The number of ether oxygens (including phenoxy) is 1. The van der Waals surface area contributed by atoms with Crippen LogP contribution in [0.2, 0.25) is 0 Å². The maximum absolute atomic E-state index is 12.4. The molecule has 26 heavy (non-hydrogen) atoms. The highest BCUT2D eigenvalue weighted by Gasteiger charge is 2.15. The summed E-state index contributed by atoms with van der Waals surface area (Å²) in [5.74, 6) is -0.361. The summed E-state index contributed by atoms with van der Waals surface area (Å²) in [6.07, 6.45) is 0. The Bertz CT molecular complexity index is 842. The molecule has 136 valence electrons. The van der Waals surface area contributed by atoms with E-state index in [-0.39, 0.29) is 11.0 Å². The molecule has 0 aliphatic carbocycles. The fraction of sp³-hybridized carbons (Fsp3) is 0.167. The molecule has 0 bridgehead atoms. The van der Waals surface area contributed by atoms with Gasteiger partial charge < -0.3 is 4.74 Å². The summed E-state index contributed by atoms with van der Waals surface area (Å²) in [6, 6.07) is 12.2. The zero-order valence-electron chi connectivity index (χ0n) is 14.3. The van der Waals surface area contributed by atoms with Crippen LogP contribution in [0.4, 0.5) is 0 Å². The summed E-state index contributed by atoms with van der Waals surface area (Å²) in [7, 11) is 0. The van der Waals surface area contributed by atoms with Crippen molar-refractivity contribution in [1.82, 2.24) is 16.2 Å². The Morgan fingerprint density at radius 3 is 2.58 bits per heavy atom. The molecule has 0 saturated carbocycles. The number of nitrogens with one attached hydrogen (secondary N) is 3. The van der Waals surface area contributed by atoms with Gasteiger partial charge in [-0.3, -0.25) is 25.8 Å². The molecule has 2 aromatic carbocycles. The minimum Gasteiger partial charge on any atom is -0.493 e. The Labute approximate surface area is 165 Å². The SMILES string of the molecule is CCOc1ccc(Br)cc1C(=O)NC(=S)NNC(=O)c1cccc(C)c1. The van der Waals surface area contributed by atoms with E-state index < -0.39 is 5.91 Å². The van der Waals surface area contributed by atoms with Gasteiger partial charge in [0.2, 0.25) is 0 Å². The number of amides is 2. The minimum atomic E-state index is -0.447. The Morgan fingerprint density at radius 1 is 1.12 bits per heavy atom. The lowest BCUT2D eigenvalue weighted by atomic mass is 10.1. The van der Waals surface area contributed by atoms with Gasteiger partial charge in [0.15, 0.2) is 5.11 Å². The average molecular weight is 436 g/mol. The van der Waals surface area contributed by atoms with Crippen molar-refractivity contribution < 1.29 is 14.3 Å². The zero-order chi connectivity index (χ0) is 19.1. The lowest BCUT2D eigenvalue weighted by molar-refractivity contribution is 0.0933. The van der Waals surface area contributed by atoms with Gasteiger partial charge in [0.25, 0.3) is 11.8 Å². The van der Waals surface area contributed by atoms with Crippen LogP contribution in [0.25, 0.3) is 0 Å². The largest absolute Gasteiger partial charge is 0.493 e. The first kappa shape index (κ1) is 19.9. The highest BCUT2D eigenvalue weighted by Crippen LogP contribution is 2.23. The first-order chi connectivity index (χ1) is 12.4. The number of carbonyl (C=O) groups is 2. The van der Waals surface area contributed by atoms with E-state index in [0.29, 0.717) is 23.5 Å². The molecule has 0 spiro atoms. The quantitative estimate of drug-likeness (QED) is 0.507. The van der Waals surface area contributed by atoms with Crippen LogP contribution in [0.3, 0.4) is 0 Å². The van der Waals surface area contributed by atoms with Crippen LogP contribution < -0.4 is 20.9 Å². The summed E-state index contributed by atoms with van der Waals surface area (Å²) in [5, 5.41) is 2.48. The number of benzene rings is 2. The predicted molar refractivity (Wildman–Crippen MR) is 107 cm³/mol. The number of halogens is 1. The van der Waals surface area contributed by atoms with Crippen LogP contribution in [0.15, 0.2) is 46.9 Å². The van der Waals surface area contributed by atoms with Crippen molar-refractivity contribution in [3.05, 3.63) is 63.6 Å². The van der Waals surface area contributed by atoms with Gasteiger partial charge in [-0.05, 0) is 56.4 Å². The lowest BCUT2D eigenvalue weighted by Crippen LogP contribution is -2.48. The molecule has 0 saturated heterocycles. The van der Waals surface area contributed by atoms with Crippen LogP contribution >= 0.6 is 28.1 Å². The summed E-state index contributed by atoms with van der Waals surface area (Å²) in [4.78, 5) is 24.5. The summed E-state index contributed by atoms with van der Waals surface area (Å²) < 4.78 is 6.18. The number of hydrogen-bond donors (Lipinski definition) is 3. The summed E-state index contributed by atoms with van der Waals surface area (Å²) >= 11 is 8.38. The van der Waals surface area contributed by atoms with Crippen molar-refractivity contribution >= 4 is 45.1 Å². The molecule has 0 aliphatic rings. The highest BCUT2D eigenvalue weighted by atomic mass is 79.9. The number of carbonyl (C=O) groups excluding carboxylic acids is 2. The van der Waals surface area contributed by atoms with Gasteiger partial charge in [-0.2, -0.15) is 0 Å². The van der Waals surface area contributed by atoms with Crippen LogP contribution in [-0.4, -0.2) is 23.5 Å². The van der Waals surface area contributed by atoms with Gasteiger partial charge in [-0.25, -0.2) is 0 Å². The van der Waals surface area contributed by atoms with E-state index in [2.05, 4.69) is 32.1 Å². The second-order valence-corrected chi connectivity index (χ2v) is 6.63. The van der Waals surface area contributed by atoms with Gasteiger partial charge in [0.05, 0.1) is 12.2 Å². The summed E-state index contributed by atoms with van der Waals surface area (Å²) in [6.45, 7) is 4.15. The third-order valence-electron chi connectivity index (χ3n) is 3.28. The Hall–Kier alpha value is -2.45.